The number of halogens is 1. The average Bonchev–Trinajstić information content (AvgIpc) is 2.70. The molecule has 2 aromatic heterocycles. The van der Waals surface area contributed by atoms with Crippen LogP contribution in [0, 0.1) is 6.92 Å². The zero-order valence-corrected chi connectivity index (χ0v) is 11.2. The van der Waals surface area contributed by atoms with Crippen LogP contribution in [0.5, 0.6) is 0 Å². The topological polar surface area (TPSA) is 30.7 Å². The highest BCUT2D eigenvalue weighted by molar-refractivity contribution is 9.10. The van der Waals surface area contributed by atoms with Crippen LogP contribution < -0.4 is 0 Å². The summed E-state index contributed by atoms with van der Waals surface area (Å²) in [5.41, 5.74) is 3.21. The maximum atomic E-state index is 4.51. The summed E-state index contributed by atoms with van der Waals surface area (Å²) in [7, 11) is 0. The first-order chi connectivity index (χ1) is 7.59. The molecule has 0 radical (unpaired) electrons. The Bertz CT molecular complexity index is 503. The summed E-state index contributed by atoms with van der Waals surface area (Å²) in [6.45, 7) is 6.29. The lowest BCUT2D eigenvalue weighted by Gasteiger charge is -2.12. The minimum atomic E-state index is 0.338. The highest BCUT2D eigenvalue weighted by Crippen LogP contribution is 2.24. The second-order valence-electron chi connectivity index (χ2n) is 4.05. The summed E-state index contributed by atoms with van der Waals surface area (Å²) in [5, 5.41) is 4.32. The van der Waals surface area contributed by atoms with Gasteiger partial charge in [0.05, 0.1) is 11.4 Å². The molecule has 0 aliphatic carbocycles. The van der Waals surface area contributed by atoms with Crippen LogP contribution in [0.4, 0.5) is 0 Å². The standard InChI is InChI=1S/C12H14BrN3/c1-8(2)16-10(6-7-14-16)12-9(3)4-5-11(13)15-12/h4-8H,1-3H3. The maximum absolute atomic E-state index is 4.51. The van der Waals surface area contributed by atoms with Crippen molar-refractivity contribution in [2.75, 3.05) is 0 Å². The van der Waals surface area contributed by atoms with E-state index in [2.05, 4.69) is 52.9 Å². The molecule has 0 aliphatic heterocycles. The molecule has 2 rings (SSSR count). The number of aryl methyl sites for hydroxylation is 1. The van der Waals surface area contributed by atoms with Gasteiger partial charge in [-0.05, 0) is 54.4 Å². The van der Waals surface area contributed by atoms with Crippen LogP contribution >= 0.6 is 15.9 Å². The molecule has 0 saturated carbocycles. The van der Waals surface area contributed by atoms with Gasteiger partial charge in [0.2, 0.25) is 0 Å². The van der Waals surface area contributed by atoms with Gasteiger partial charge in [0.1, 0.15) is 4.60 Å². The Hall–Kier alpha value is -1.16. The summed E-state index contributed by atoms with van der Waals surface area (Å²) in [4.78, 5) is 4.51. The molecule has 4 heteroatoms. The van der Waals surface area contributed by atoms with Crippen molar-refractivity contribution >= 4 is 15.9 Å². The van der Waals surface area contributed by atoms with Gasteiger partial charge in [0.25, 0.3) is 0 Å². The third-order valence-corrected chi connectivity index (χ3v) is 2.91. The van der Waals surface area contributed by atoms with E-state index in [-0.39, 0.29) is 0 Å². The van der Waals surface area contributed by atoms with Gasteiger partial charge in [-0.3, -0.25) is 4.68 Å². The molecular weight excluding hydrogens is 266 g/mol. The Kier molecular flexibility index (Phi) is 3.10. The monoisotopic (exact) mass is 279 g/mol. The van der Waals surface area contributed by atoms with Crippen molar-refractivity contribution in [3.8, 4) is 11.4 Å². The zero-order chi connectivity index (χ0) is 11.7. The van der Waals surface area contributed by atoms with E-state index in [4.69, 9.17) is 0 Å². The van der Waals surface area contributed by atoms with Crippen LogP contribution in [0.3, 0.4) is 0 Å². The SMILES string of the molecule is Cc1ccc(Br)nc1-c1ccnn1C(C)C. The van der Waals surface area contributed by atoms with Crippen molar-refractivity contribution < 1.29 is 0 Å². The van der Waals surface area contributed by atoms with Crippen LogP contribution in [0.2, 0.25) is 0 Å². The molecule has 84 valence electrons. The van der Waals surface area contributed by atoms with E-state index < -0.39 is 0 Å². The Labute approximate surface area is 104 Å². The van der Waals surface area contributed by atoms with E-state index in [1.54, 1.807) is 0 Å². The molecule has 0 spiro atoms. The Morgan fingerprint density at radius 3 is 2.69 bits per heavy atom. The minimum Gasteiger partial charge on any atom is -0.261 e. The fourth-order valence-electron chi connectivity index (χ4n) is 1.68. The molecule has 0 unspecified atom stereocenters. The third kappa shape index (κ3) is 2.02. The number of nitrogens with zero attached hydrogens (tertiary/aromatic N) is 3. The highest BCUT2D eigenvalue weighted by atomic mass is 79.9. The van der Waals surface area contributed by atoms with Crippen LogP contribution in [0.15, 0.2) is 29.0 Å². The molecule has 0 fully saturated rings. The number of pyridine rings is 1. The van der Waals surface area contributed by atoms with Crippen molar-refractivity contribution in [1.82, 2.24) is 14.8 Å². The first kappa shape index (κ1) is 11.3. The Balaban J connectivity index is 2.58. The summed E-state index contributed by atoms with van der Waals surface area (Å²) >= 11 is 3.40. The molecule has 0 atom stereocenters. The molecule has 16 heavy (non-hydrogen) atoms. The number of rotatable bonds is 2. The Morgan fingerprint density at radius 2 is 2.00 bits per heavy atom. The second kappa shape index (κ2) is 4.37. The molecule has 2 heterocycles. The lowest BCUT2D eigenvalue weighted by atomic mass is 10.1. The molecule has 2 aromatic rings. The smallest absolute Gasteiger partial charge is 0.106 e. The quantitative estimate of drug-likeness (QED) is 0.787. The van der Waals surface area contributed by atoms with Gasteiger partial charge in [-0.25, -0.2) is 4.98 Å². The van der Waals surface area contributed by atoms with E-state index in [0.29, 0.717) is 6.04 Å². The van der Waals surface area contributed by atoms with Gasteiger partial charge in [-0.2, -0.15) is 5.10 Å². The van der Waals surface area contributed by atoms with Crippen LogP contribution in [0.25, 0.3) is 11.4 Å². The fourth-order valence-corrected chi connectivity index (χ4v) is 1.99. The van der Waals surface area contributed by atoms with E-state index in [1.165, 1.54) is 0 Å². The van der Waals surface area contributed by atoms with Crippen molar-refractivity contribution in [2.24, 2.45) is 0 Å². The molecule has 0 bridgehead atoms. The summed E-state index contributed by atoms with van der Waals surface area (Å²) in [6, 6.07) is 6.35. The van der Waals surface area contributed by atoms with Crippen LogP contribution in [0.1, 0.15) is 25.5 Å². The van der Waals surface area contributed by atoms with Crippen molar-refractivity contribution in [3.63, 3.8) is 0 Å². The second-order valence-corrected chi connectivity index (χ2v) is 4.87. The zero-order valence-electron chi connectivity index (χ0n) is 9.61. The average molecular weight is 280 g/mol. The third-order valence-electron chi connectivity index (χ3n) is 2.47. The van der Waals surface area contributed by atoms with Crippen LogP contribution in [-0.4, -0.2) is 14.8 Å². The van der Waals surface area contributed by atoms with Gasteiger partial charge in [0.15, 0.2) is 0 Å². The molecule has 0 N–H and O–H groups in total. The normalized spacial score (nSPS) is 11.1. The summed E-state index contributed by atoms with van der Waals surface area (Å²) in [5.74, 6) is 0. The predicted octanol–water partition coefficient (Wildman–Crippen LogP) is 3.60. The molecule has 0 aromatic carbocycles. The van der Waals surface area contributed by atoms with Crippen molar-refractivity contribution in [2.45, 2.75) is 26.8 Å². The largest absolute Gasteiger partial charge is 0.261 e. The molecule has 0 saturated heterocycles. The predicted molar refractivity (Wildman–Crippen MR) is 68.3 cm³/mol. The minimum absolute atomic E-state index is 0.338. The lowest BCUT2D eigenvalue weighted by molar-refractivity contribution is 0.537. The van der Waals surface area contributed by atoms with Gasteiger partial charge in [0, 0.05) is 12.2 Å². The number of hydrogen-bond donors (Lipinski definition) is 0. The first-order valence-corrected chi connectivity index (χ1v) is 6.06. The maximum Gasteiger partial charge on any atom is 0.106 e. The molecule has 3 nitrogen and oxygen atoms in total. The van der Waals surface area contributed by atoms with E-state index in [1.807, 2.05) is 23.0 Å². The van der Waals surface area contributed by atoms with Gasteiger partial charge in [-0.15, -0.1) is 0 Å². The summed E-state index contributed by atoms with van der Waals surface area (Å²) < 4.78 is 2.84. The van der Waals surface area contributed by atoms with Gasteiger partial charge in [-0.1, -0.05) is 6.07 Å². The van der Waals surface area contributed by atoms with Gasteiger partial charge >= 0.3 is 0 Å². The van der Waals surface area contributed by atoms with E-state index in [9.17, 15) is 0 Å². The first-order valence-electron chi connectivity index (χ1n) is 5.26. The van der Waals surface area contributed by atoms with E-state index in [0.717, 1.165) is 21.6 Å². The fraction of sp³-hybridized carbons (Fsp3) is 0.333. The summed E-state index contributed by atoms with van der Waals surface area (Å²) in [6.07, 6.45) is 1.82. The van der Waals surface area contributed by atoms with E-state index >= 15 is 0 Å². The van der Waals surface area contributed by atoms with Crippen LogP contribution in [-0.2, 0) is 0 Å². The highest BCUT2D eigenvalue weighted by Gasteiger charge is 2.11. The molecule has 0 aliphatic rings. The number of aromatic nitrogens is 3. The van der Waals surface area contributed by atoms with Gasteiger partial charge < -0.3 is 0 Å². The van der Waals surface area contributed by atoms with Crippen molar-refractivity contribution in [1.29, 1.82) is 0 Å². The molecular formula is C12H14BrN3. The lowest BCUT2D eigenvalue weighted by Crippen LogP contribution is -2.06. The van der Waals surface area contributed by atoms with Crippen molar-refractivity contribution in [3.05, 3.63) is 34.6 Å². The molecule has 0 amide bonds. The Morgan fingerprint density at radius 1 is 1.25 bits per heavy atom. The number of hydrogen-bond acceptors (Lipinski definition) is 2.